The van der Waals surface area contributed by atoms with Crippen molar-refractivity contribution < 1.29 is 13.9 Å². The van der Waals surface area contributed by atoms with E-state index >= 15 is 0 Å². The summed E-state index contributed by atoms with van der Waals surface area (Å²) in [7, 11) is 3.53. The molecule has 0 aliphatic rings. The molecule has 0 fully saturated rings. The Labute approximate surface area is 204 Å². The van der Waals surface area contributed by atoms with Crippen molar-refractivity contribution in [3.8, 4) is 0 Å². The van der Waals surface area contributed by atoms with Crippen molar-refractivity contribution in [1.29, 1.82) is 0 Å². The first-order valence-electron chi connectivity index (χ1n) is 11.7. The number of ether oxygens (including phenoxy) is 1. The monoisotopic (exact) mass is 486 g/mol. The van der Waals surface area contributed by atoms with E-state index in [0.717, 1.165) is 42.0 Å². The molecule has 3 rings (SSSR count). The molecule has 0 spiro atoms. The number of methoxy groups -OCH3 is 1. The Bertz CT molecular complexity index is 1160. The fourth-order valence-corrected chi connectivity index (χ4v) is 3.86. The number of hydrogen-bond acceptors (Lipinski definition) is 8. The van der Waals surface area contributed by atoms with Gasteiger partial charge in [0.15, 0.2) is 17.5 Å². The molecule has 35 heavy (non-hydrogen) atoms. The third-order valence-corrected chi connectivity index (χ3v) is 5.73. The summed E-state index contributed by atoms with van der Waals surface area (Å²) in [5.41, 5.74) is 13.1. The zero-order chi connectivity index (χ0) is 25.5. The molecule has 0 saturated carbocycles. The second-order valence-corrected chi connectivity index (χ2v) is 8.58. The summed E-state index contributed by atoms with van der Waals surface area (Å²) in [5.74, 6) is -0.566. The lowest BCUT2D eigenvalue weighted by molar-refractivity contribution is 0.100. The number of pyridine rings is 1. The van der Waals surface area contributed by atoms with Gasteiger partial charge in [-0.25, -0.2) is 9.37 Å². The highest BCUT2D eigenvalue weighted by molar-refractivity contribution is 5.99. The van der Waals surface area contributed by atoms with Crippen LogP contribution in [-0.2, 0) is 11.8 Å². The van der Waals surface area contributed by atoms with Gasteiger partial charge in [0.1, 0.15) is 5.82 Å². The molecule has 0 saturated heterocycles. The van der Waals surface area contributed by atoms with Crippen molar-refractivity contribution in [2.24, 2.45) is 18.5 Å². The first-order valence-corrected chi connectivity index (χ1v) is 11.7. The summed E-state index contributed by atoms with van der Waals surface area (Å²) in [4.78, 5) is 16.4. The number of nitrogens with two attached hydrogens (primary N) is 2. The zero-order valence-electron chi connectivity index (χ0n) is 20.7. The Morgan fingerprint density at radius 1 is 1.26 bits per heavy atom. The van der Waals surface area contributed by atoms with Crippen LogP contribution in [0, 0.1) is 5.82 Å². The summed E-state index contributed by atoms with van der Waals surface area (Å²) in [6.07, 6.45) is 2.46. The molecular weight excluding hydrogens is 451 g/mol. The van der Waals surface area contributed by atoms with Crippen LogP contribution in [-0.4, -0.2) is 53.0 Å². The second kappa shape index (κ2) is 11.8. The van der Waals surface area contributed by atoms with Crippen LogP contribution < -0.4 is 27.4 Å². The molecule has 1 aromatic carbocycles. The van der Waals surface area contributed by atoms with E-state index in [0.29, 0.717) is 18.8 Å². The quantitative estimate of drug-likeness (QED) is 0.231. The lowest BCUT2D eigenvalue weighted by Crippen LogP contribution is -2.38. The lowest BCUT2D eigenvalue weighted by atomic mass is 10.1. The molecule has 190 valence electrons. The standard InChI is InChI=1S/C24H35FN8O2/c1-5-7-19(14(2)26)30-24-18(25)13-17(21(27)34)23(31-24)29-15-8-9-20-16(12-15)22(32-33(20)3)28-10-6-11-35-4/h8-9,12-14,19H,5-7,10-11,26H2,1-4H3,(H2,27,34)(H,28,32)(H2,29,30,31)/t14-,19+/m0/s1. The summed E-state index contributed by atoms with van der Waals surface area (Å²) in [5, 5.41) is 15.0. The van der Waals surface area contributed by atoms with Crippen LogP contribution in [0.15, 0.2) is 24.3 Å². The van der Waals surface area contributed by atoms with E-state index in [9.17, 15) is 9.18 Å². The summed E-state index contributed by atoms with van der Waals surface area (Å²) < 4.78 is 21.7. The third-order valence-electron chi connectivity index (χ3n) is 5.73. The van der Waals surface area contributed by atoms with Gasteiger partial charge in [0, 0.05) is 50.5 Å². The number of fused-ring (bicyclic) bond motifs is 1. The Kier molecular flexibility index (Phi) is 8.83. The number of nitrogens with one attached hydrogen (secondary N) is 3. The maximum absolute atomic E-state index is 14.8. The summed E-state index contributed by atoms with van der Waals surface area (Å²) in [6, 6.07) is 6.34. The molecule has 0 aliphatic carbocycles. The van der Waals surface area contributed by atoms with Gasteiger partial charge >= 0.3 is 0 Å². The van der Waals surface area contributed by atoms with E-state index in [4.69, 9.17) is 16.2 Å². The fourth-order valence-electron chi connectivity index (χ4n) is 3.86. The molecule has 0 unspecified atom stereocenters. The molecule has 0 radical (unpaired) electrons. The summed E-state index contributed by atoms with van der Waals surface area (Å²) in [6.45, 7) is 5.23. The predicted octanol–water partition coefficient (Wildman–Crippen LogP) is 3.33. The van der Waals surface area contributed by atoms with E-state index in [-0.39, 0.29) is 29.3 Å². The number of nitrogens with zero attached hydrogens (tertiary/aromatic N) is 3. The average Bonchev–Trinajstić information content (AvgIpc) is 3.12. The number of rotatable bonds is 13. The zero-order valence-corrected chi connectivity index (χ0v) is 20.7. The molecule has 10 nitrogen and oxygen atoms in total. The number of primary amides is 1. The van der Waals surface area contributed by atoms with Crippen molar-refractivity contribution in [1.82, 2.24) is 14.8 Å². The van der Waals surface area contributed by atoms with Gasteiger partial charge in [-0.3, -0.25) is 9.48 Å². The molecule has 0 bridgehead atoms. The number of carbonyl (C=O) groups is 1. The molecule has 0 aliphatic heterocycles. The van der Waals surface area contributed by atoms with Gasteiger partial charge in [0.05, 0.1) is 11.1 Å². The minimum atomic E-state index is -0.786. The second-order valence-electron chi connectivity index (χ2n) is 8.58. The van der Waals surface area contributed by atoms with Gasteiger partial charge in [-0.05, 0) is 44.0 Å². The highest BCUT2D eigenvalue weighted by Crippen LogP contribution is 2.29. The number of carbonyl (C=O) groups excluding carboxylic acids is 1. The molecule has 2 atom stereocenters. The number of anilines is 4. The van der Waals surface area contributed by atoms with Crippen LogP contribution in [0.3, 0.4) is 0 Å². The van der Waals surface area contributed by atoms with Crippen molar-refractivity contribution in [2.75, 3.05) is 36.2 Å². The van der Waals surface area contributed by atoms with Gasteiger partial charge < -0.3 is 32.2 Å². The first-order chi connectivity index (χ1) is 16.7. The normalized spacial score (nSPS) is 13.0. The first kappa shape index (κ1) is 26.2. The molecule has 3 aromatic rings. The molecular formula is C24H35FN8O2. The van der Waals surface area contributed by atoms with Crippen LogP contribution in [0.25, 0.3) is 10.9 Å². The van der Waals surface area contributed by atoms with Crippen molar-refractivity contribution >= 4 is 40.0 Å². The van der Waals surface area contributed by atoms with Crippen LogP contribution in [0.4, 0.5) is 27.5 Å². The highest BCUT2D eigenvalue weighted by atomic mass is 19.1. The van der Waals surface area contributed by atoms with Crippen LogP contribution in [0.5, 0.6) is 0 Å². The smallest absolute Gasteiger partial charge is 0.252 e. The molecule has 2 heterocycles. The maximum atomic E-state index is 14.8. The van der Waals surface area contributed by atoms with Crippen molar-refractivity contribution in [3.05, 3.63) is 35.6 Å². The number of hydrogen-bond donors (Lipinski definition) is 5. The number of aryl methyl sites for hydroxylation is 1. The Morgan fingerprint density at radius 3 is 2.69 bits per heavy atom. The Balaban J connectivity index is 1.94. The van der Waals surface area contributed by atoms with Gasteiger partial charge in [-0.2, -0.15) is 5.10 Å². The SMILES string of the molecule is CCC[C@@H](Nc1nc(Nc2ccc3c(c2)c(NCCCOC)nn3C)c(C(N)=O)cc1F)[C@H](C)N. The number of benzene rings is 1. The lowest BCUT2D eigenvalue weighted by Gasteiger charge is -2.23. The van der Waals surface area contributed by atoms with E-state index in [1.807, 2.05) is 39.1 Å². The number of aromatic nitrogens is 3. The Morgan fingerprint density at radius 2 is 2.03 bits per heavy atom. The minimum absolute atomic E-state index is 0.0104. The van der Waals surface area contributed by atoms with Gasteiger partial charge in [0.2, 0.25) is 0 Å². The molecule has 2 aromatic heterocycles. The van der Waals surface area contributed by atoms with Crippen molar-refractivity contribution in [2.45, 2.75) is 45.2 Å². The predicted molar refractivity (Wildman–Crippen MR) is 138 cm³/mol. The van der Waals surface area contributed by atoms with E-state index in [1.54, 1.807) is 11.8 Å². The van der Waals surface area contributed by atoms with Gasteiger partial charge in [-0.15, -0.1) is 0 Å². The summed E-state index contributed by atoms with van der Waals surface area (Å²) >= 11 is 0. The highest BCUT2D eigenvalue weighted by Gasteiger charge is 2.20. The minimum Gasteiger partial charge on any atom is -0.385 e. The van der Waals surface area contributed by atoms with Crippen LogP contribution in [0.2, 0.25) is 0 Å². The number of amides is 1. The van der Waals surface area contributed by atoms with Gasteiger partial charge in [0.25, 0.3) is 5.91 Å². The van der Waals surface area contributed by atoms with E-state index in [1.165, 1.54) is 0 Å². The van der Waals surface area contributed by atoms with E-state index in [2.05, 4.69) is 26.0 Å². The largest absolute Gasteiger partial charge is 0.385 e. The van der Waals surface area contributed by atoms with Crippen LogP contribution >= 0.6 is 0 Å². The molecule has 11 heteroatoms. The Hall–Kier alpha value is -3.44. The van der Waals surface area contributed by atoms with Crippen LogP contribution in [0.1, 0.15) is 43.5 Å². The number of halogens is 1. The third kappa shape index (κ3) is 6.37. The van der Waals surface area contributed by atoms with Crippen molar-refractivity contribution in [3.63, 3.8) is 0 Å². The van der Waals surface area contributed by atoms with Gasteiger partial charge in [-0.1, -0.05) is 13.3 Å². The topological polar surface area (TPSA) is 145 Å². The molecule has 1 amide bonds. The fraction of sp³-hybridized carbons (Fsp3) is 0.458. The maximum Gasteiger partial charge on any atom is 0.252 e. The van der Waals surface area contributed by atoms with E-state index < -0.39 is 11.7 Å². The average molecular weight is 487 g/mol. The molecule has 7 N–H and O–H groups in total.